The molecule has 0 unspecified atom stereocenters. The fraction of sp³-hybridized carbons (Fsp3) is 0.545. The molecule has 1 heterocycles. The Hall–Kier alpha value is -1.16. The molecule has 1 aromatic heterocycles. The number of ether oxygens (including phenoxy) is 1. The third-order valence-electron chi connectivity index (χ3n) is 1.84. The minimum Gasteiger partial charge on any atom is -0.381 e. The number of rotatable bonds is 7. The third kappa shape index (κ3) is 5.32. The van der Waals surface area contributed by atoms with E-state index in [4.69, 9.17) is 4.74 Å². The molecule has 1 N–H and O–H groups in total. The Labute approximate surface area is 89.7 Å². The molecule has 0 aromatic carbocycles. The van der Waals surface area contributed by atoms with Crippen molar-refractivity contribution in [1.29, 1.82) is 0 Å². The van der Waals surface area contributed by atoms with Crippen molar-refractivity contribution in [3.05, 3.63) is 24.1 Å². The van der Waals surface area contributed by atoms with E-state index in [1.54, 1.807) is 12.1 Å². The zero-order valence-electron chi connectivity index (χ0n) is 9.00. The van der Waals surface area contributed by atoms with Crippen LogP contribution in [0.2, 0.25) is 0 Å². The SMILES string of the molecule is CCCOCCCNc1cccc(F)n1. The average Bonchev–Trinajstić information content (AvgIpc) is 2.23. The fourth-order valence-electron chi connectivity index (χ4n) is 1.14. The molecule has 0 atom stereocenters. The van der Waals surface area contributed by atoms with E-state index in [1.807, 2.05) is 0 Å². The molecule has 1 rings (SSSR count). The average molecular weight is 212 g/mol. The molecule has 0 saturated heterocycles. The Balaban J connectivity index is 2.10. The summed E-state index contributed by atoms with van der Waals surface area (Å²) < 4.78 is 18.0. The second kappa shape index (κ2) is 7.17. The molecule has 0 saturated carbocycles. The number of pyridine rings is 1. The molecule has 0 aliphatic rings. The van der Waals surface area contributed by atoms with Crippen LogP contribution >= 0.6 is 0 Å². The Morgan fingerprint density at radius 3 is 3.00 bits per heavy atom. The second-order valence-electron chi connectivity index (χ2n) is 3.24. The van der Waals surface area contributed by atoms with Gasteiger partial charge in [0.25, 0.3) is 0 Å². The van der Waals surface area contributed by atoms with E-state index >= 15 is 0 Å². The lowest BCUT2D eigenvalue weighted by atomic mass is 10.4. The molecule has 3 nitrogen and oxygen atoms in total. The van der Waals surface area contributed by atoms with Crippen LogP contribution in [-0.4, -0.2) is 24.7 Å². The monoisotopic (exact) mass is 212 g/mol. The molecule has 0 bridgehead atoms. The number of nitrogens with one attached hydrogen (secondary N) is 1. The fourth-order valence-corrected chi connectivity index (χ4v) is 1.14. The molecule has 0 radical (unpaired) electrons. The van der Waals surface area contributed by atoms with E-state index in [9.17, 15) is 4.39 Å². The Bertz CT molecular complexity index is 281. The number of anilines is 1. The Kier molecular flexibility index (Phi) is 5.70. The normalized spacial score (nSPS) is 10.3. The molecule has 0 fully saturated rings. The van der Waals surface area contributed by atoms with Crippen LogP contribution in [0.1, 0.15) is 19.8 Å². The van der Waals surface area contributed by atoms with Gasteiger partial charge in [-0.2, -0.15) is 4.39 Å². The smallest absolute Gasteiger partial charge is 0.214 e. The molecule has 0 aliphatic heterocycles. The summed E-state index contributed by atoms with van der Waals surface area (Å²) in [5.74, 6) is 0.118. The Morgan fingerprint density at radius 2 is 2.27 bits per heavy atom. The van der Waals surface area contributed by atoms with Crippen molar-refractivity contribution in [1.82, 2.24) is 4.98 Å². The lowest BCUT2D eigenvalue weighted by Gasteiger charge is -2.05. The first-order valence-corrected chi connectivity index (χ1v) is 5.27. The van der Waals surface area contributed by atoms with Crippen molar-refractivity contribution in [3.63, 3.8) is 0 Å². The van der Waals surface area contributed by atoms with Crippen LogP contribution in [-0.2, 0) is 4.74 Å². The second-order valence-corrected chi connectivity index (χ2v) is 3.24. The topological polar surface area (TPSA) is 34.1 Å². The summed E-state index contributed by atoms with van der Waals surface area (Å²) in [6, 6.07) is 4.71. The van der Waals surface area contributed by atoms with Crippen molar-refractivity contribution < 1.29 is 9.13 Å². The first kappa shape index (κ1) is 11.9. The van der Waals surface area contributed by atoms with Crippen molar-refractivity contribution >= 4 is 5.82 Å². The third-order valence-corrected chi connectivity index (χ3v) is 1.84. The minimum absolute atomic E-state index is 0.456. The van der Waals surface area contributed by atoms with E-state index in [-0.39, 0.29) is 0 Å². The summed E-state index contributed by atoms with van der Waals surface area (Å²) in [4.78, 5) is 3.69. The van der Waals surface area contributed by atoms with E-state index in [1.165, 1.54) is 6.07 Å². The molecule has 0 amide bonds. The summed E-state index contributed by atoms with van der Waals surface area (Å²) in [6.45, 7) is 4.36. The molecule has 0 spiro atoms. The standard InChI is InChI=1S/C11H17FN2O/c1-2-8-15-9-4-7-13-11-6-3-5-10(12)14-11/h3,5-6H,2,4,7-9H2,1H3,(H,13,14). The van der Waals surface area contributed by atoms with Crippen LogP contribution in [0, 0.1) is 5.95 Å². The molecule has 1 aromatic rings. The molecule has 4 heteroatoms. The van der Waals surface area contributed by atoms with E-state index in [0.29, 0.717) is 5.82 Å². The van der Waals surface area contributed by atoms with Crippen LogP contribution in [0.15, 0.2) is 18.2 Å². The van der Waals surface area contributed by atoms with E-state index in [0.717, 1.165) is 32.6 Å². The molecule has 15 heavy (non-hydrogen) atoms. The quantitative estimate of drug-likeness (QED) is 0.557. The molecule has 0 aliphatic carbocycles. The maximum absolute atomic E-state index is 12.7. The summed E-state index contributed by atoms with van der Waals surface area (Å²) in [6.07, 6.45) is 1.94. The molecule has 84 valence electrons. The van der Waals surface area contributed by atoms with E-state index < -0.39 is 5.95 Å². The highest BCUT2D eigenvalue weighted by Crippen LogP contribution is 2.02. The van der Waals surface area contributed by atoms with Gasteiger partial charge < -0.3 is 10.1 Å². The van der Waals surface area contributed by atoms with Gasteiger partial charge in [0.05, 0.1) is 0 Å². The van der Waals surface area contributed by atoms with Crippen molar-refractivity contribution in [2.24, 2.45) is 0 Å². The van der Waals surface area contributed by atoms with E-state index in [2.05, 4.69) is 17.2 Å². The first-order chi connectivity index (χ1) is 7.33. The number of hydrogen-bond acceptors (Lipinski definition) is 3. The summed E-state index contributed by atoms with van der Waals surface area (Å²) >= 11 is 0. The Morgan fingerprint density at radius 1 is 1.40 bits per heavy atom. The van der Waals surface area contributed by atoms with Gasteiger partial charge >= 0.3 is 0 Å². The maximum Gasteiger partial charge on any atom is 0.214 e. The highest BCUT2D eigenvalue weighted by Gasteiger charge is 1.95. The summed E-state index contributed by atoms with van der Waals surface area (Å²) in [5.41, 5.74) is 0. The van der Waals surface area contributed by atoms with Gasteiger partial charge in [-0.25, -0.2) is 4.98 Å². The predicted molar refractivity (Wildman–Crippen MR) is 58.4 cm³/mol. The highest BCUT2D eigenvalue weighted by atomic mass is 19.1. The lowest BCUT2D eigenvalue weighted by molar-refractivity contribution is 0.134. The summed E-state index contributed by atoms with van der Waals surface area (Å²) in [7, 11) is 0. The van der Waals surface area contributed by atoms with Crippen molar-refractivity contribution in [3.8, 4) is 0 Å². The van der Waals surface area contributed by atoms with Crippen molar-refractivity contribution in [2.45, 2.75) is 19.8 Å². The van der Waals surface area contributed by atoms with Crippen LogP contribution in [0.5, 0.6) is 0 Å². The minimum atomic E-state index is -0.456. The van der Waals surface area contributed by atoms with Gasteiger partial charge in [-0.1, -0.05) is 13.0 Å². The zero-order chi connectivity index (χ0) is 10.9. The van der Waals surface area contributed by atoms with Gasteiger partial charge in [-0.05, 0) is 25.0 Å². The number of nitrogens with zero attached hydrogens (tertiary/aromatic N) is 1. The largest absolute Gasteiger partial charge is 0.381 e. The molecular formula is C11H17FN2O. The predicted octanol–water partition coefficient (Wildman–Crippen LogP) is 2.45. The van der Waals surface area contributed by atoms with Crippen LogP contribution in [0.4, 0.5) is 10.2 Å². The van der Waals surface area contributed by atoms with Crippen LogP contribution < -0.4 is 5.32 Å². The van der Waals surface area contributed by atoms with Gasteiger partial charge in [-0.15, -0.1) is 0 Å². The van der Waals surface area contributed by atoms with Gasteiger partial charge in [0.2, 0.25) is 5.95 Å². The number of aromatic nitrogens is 1. The maximum atomic E-state index is 12.7. The van der Waals surface area contributed by atoms with Gasteiger partial charge in [0.15, 0.2) is 0 Å². The van der Waals surface area contributed by atoms with Crippen molar-refractivity contribution in [2.75, 3.05) is 25.1 Å². The van der Waals surface area contributed by atoms with Gasteiger partial charge in [0.1, 0.15) is 5.82 Å². The molecular weight excluding hydrogens is 195 g/mol. The van der Waals surface area contributed by atoms with Crippen LogP contribution in [0.3, 0.4) is 0 Å². The summed E-state index contributed by atoms with van der Waals surface area (Å²) in [5, 5.41) is 3.03. The number of halogens is 1. The van der Waals surface area contributed by atoms with Crippen LogP contribution in [0.25, 0.3) is 0 Å². The van der Waals surface area contributed by atoms with Gasteiger partial charge in [-0.3, -0.25) is 0 Å². The highest BCUT2D eigenvalue weighted by molar-refractivity contribution is 5.33. The number of hydrogen-bond donors (Lipinski definition) is 1. The lowest BCUT2D eigenvalue weighted by Crippen LogP contribution is -2.07. The first-order valence-electron chi connectivity index (χ1n) is 5.27. The zero-order valence-corrected chi connectivity index (χ0v) is 9.00. The van der Waals surface area contributed by atoms with Gasteiger partial charge in [0, 0.05) is 19.8 Å².